The Morgan fingerprint density at radius 1 is 1.24 bits per heavy atom. The van der Waals surface area contributed by atoms with Crippen LogP contribution in [0.5, 0.6) is 0 Å². The molecule has 1 spiro atoms. The number of halogens is 1. The van der Waals surface area contributed by atoms with Crippen LogP contribution in [0.1, 0.15) is 65.2 Å². The standard InChI is InChI=1S/C21H25ClN4O3/c1-12(13-4-3-5-14(22)6-13)26-18(7-17(25-26)19(28)23-2)20(29)24-15-8-21(9-15)10-16(27)11-21/h3-7,12,15-16,27H,8-11H2,1-2H3,(H,23,28)(H,24,29)/t12-,15?,16?,21?/m0/s1. The summed E-state index contributed by atoms with van der Waals surface area (Å²) < 4.78 is 1.58. The molecule has 29 heavy (non-hydrogen) atoms. The number of hydrogen-bond acceptors (Lipinski definition) is 4. The molecule has 1 heterocycles. The van der Waals surface area contributed by atoms with Gasteiger partial charge in [-0.15, -0.1) is 0 Å². The predicted octanol–water partition coefficient (Wildman–Crippen LogP) is 2.54. The molecule has 0 radical (unpaired) electrons. The monoisotopic (exact) mass is 416 g/mol. The van der Waals surface area contributed by atoms with Crippen LogP contribution in [0.2, 0.25) is 5.02 Å². The molecular weight excluding hydrogens is 392 g/mol. The summed E-state index contributed by atoms with van der Waals surface area (Å²) in [5, 5.41) is 20.2. The number of carbonyl (C=O) groups is 2. The summed E-state index contributed by atoms with van der Waals surface area (Å²) in [6.07, 6.45) is 3.22. The Kier molecular flexibility index (Phi) is 5.12. The Hall–Kier alpha value is -2.38. The van der Waals surface area contributed by atoms with Gasteiger partial charge in [0.1, 0.15) is 5.69 Å². The molecule has 4 rings (SSSR count). The van der Waals surface area contributed by atoms with Crippen LogP contribution in [0, 0.1) is 5.41 Å². The fraction of sp³-hybridized carbons (Fsp3) is 0.476. The number of aliphatic hydroxyl groups is 1. The van der Waals surface area contributed by atoms with Gasteiger partial charge in [0.05, 0.1) is 12.1 Å². The molecule has 0 bridgehead atoms. The predicted molar refractivity (Wildman–Crippen MR) is 109 cm³/mol. The van der Waals surface area contributed by atoms with Crippen LogP contribution in [0.15, 0.2) is 30.3 Å². The summed E-state index contributed by atoms with van der Waals surface area (Å²) in [7, 11) is 1.53. The highest BCUT2D eigenvalue weighted by atomic mass is 35.5. The average Bonchev–Trinajstić information content (AvgIpc) is 3.09. The lowest BCUT2D eigenvalue weighted by Gasteiger charge is -2.56. The number of aromatic nitrogens is 2. The molecule has 1 aromatic heterocycles. The molecule has 154 valence electrons. The van der Waals surface area contributed by atoms with Crippen LogP contribution in [-0.2, 0) is 0 Å². The minimum absolute atomic E-state index is 0.0864. The molecule has 2 fully saturated rings. The third kappa shape index (κ3) is 3.76. The third-order valence-electron chi connectivity index (χ3n) is 6.16. The van der Waals surface area contributed by atoms with Crippen LogP contribution in [0.3, 0.4) is 0 Å². The minimum atomic E-state index is -0.345. The second kappa shape index (κ2) is 7.46. The zero-order valence-electron chi connectivity index (χ0n) is 16.5. The molecule has 0 saturated heterocycles. The summed E-state index contributed by atoms with van der Waals surface area (Å²) >= 11 is 6.12. The number of carbonyl (C=O) groups excluding carboxylic acids is 2. The maximum absolute atomic E-state index is 13.0. The van der Waals surface area contributed by atoms with Gasteiger partial charge in [-0.05, 0) is 55.7 Å². The highest BCUT2D eigenvalue weighted by Crippen LogP contribution is 2.55. The number of hydrogen-bond donors (Lipinski definition) is 3. The highest BCUT2D eigenvalue weighted by molar-refractivity contribution is 6.30. The molecule has 1 atom stereocenters. The van der Waals surface area contributed by atoms with E-state index in [9.17, 15) is 14.7 Å². The maximum Gasteiger partial charge on any atom is 0.271 e. The number of nitrogens with one attached hydrogen (secondary N) is 2. The number of benzene rings is 1. The van der Waals surface area contributed by atoms with E-state index in [1.165, 1.54) is 13.1 Å². The van der Waals surface area contributed by atoms with E-state index in [4.69, 9.17) is 11.6 Å². The van der Waals surface area contributed by atoms with Crippen LogP contribution < -0.4 is 10.6 Å². The first-order valence-electron chi connectivity index (χ1n) is 9.86. The molecule has 2 aliphatic carbocycles. The van der Waals surface area contributed by atoms with Gasteiger partial charge in [-0.3, -0.25) is 14.3 Å². The third-order valence-corrected chi connectivity index (χ3v) is 6.39. The van der Waals surface area contributed by atoms with Crippen molar-refractivity contribution in [1.82, 2.24) is 20.4 Å². The zero-order valence-corrected chi connectivity index (χ0v) is 17.2. The van der Waals surface area contributed by atoms with Gasteiger partial charge in [0.25, 0.3) is 11.8 Å². The highest BCUT2D eigenvalue weighted by Gasteiger charge is 2.52. The van der Waals surface area contributed by atoms with E-state index in [2.05, 4.69) is 15.7 Å². The molecule has 8 heteroatoms. The molecule has 3 N–H and O–H groups in total. The first-order valence-corrected chi connectivity index (χ1v) is 10.2. The Balaban J connectivity index is 1.55. The van der Waals surface area contributed by atoms with Crippen molar-refractivity contribution in [1.29, 1.82) is 0 Å². The second-order valence-electron chi connectivity index (χ2n) is 8.31. The lowest BCUT2D eigenvalue weighted by Crippen LogP contribution is -2.57. The van der Waals surface area contributed by atoms with Crippen molar-refractivity contribution in [2.45, 2.75) is 50.8 Å². The molecule has 1 aromatic carbocycles. The van der Waals surface area contributed by atoms with E-state index in [0.717, 1.165) is 31.2 Å². The van der Waals surface area contributed by atoms with E-state index in [0.29, 0.717) is 10.7 Å². The van der Waals surface area contributed by atoms with Gasteiger partial charge >= 0.3 is 0 Å². The van der Waals surface area contributed by atoms with Gasteiger partial charge < -0.3 is 15.7 Å². The van der Waals surface area contributed by atoms with Crippen LogP contribution >= 0.6 is 11.6 Å². The van der Waals surface area contributed by atoms with Crippen LogP contribution in [0.4, 0.5) is 0 Å². The van der Waals surface area contributed by atoms with Gasteiger partial charge in [-0.25, -0.2) is 0 Å². The molecule has 7 nitrogen and oxygen atoms in total. The topological polar surface area (TPSA) is 96.3 Å². The van der Waals surface area contributed by atoms with Crippen molar-refractivity contribution in [3.05, 3.63) is 52.3 Å². The van der Waals surface area contributed by atoms with E-state index in [-0.39, 0.29) is 41.1 Å². The summed E-state index contributed by atoms with van der Waals surface area (Å²) in [5.74, 6) is -0.594. The smallest absolute Gasteiger partial charge is 0.271 e. The van der Waals surface area contributed by atoms with Crippen molar-refractivity contribution in [3.63, 3.8) is 0 Å². The number of amides is 2. The summed E-state index contributed by atoms with van der Waals surface area (Å²) in [4.78, 5) is 25.1. The zero-order chi connectivity index (χ0) is 20.8. The van der Waals surface area contributed by atoms with Gasteiger partial charge in [-0.2, -0.15) is 5.10 Å². The van der Waals surface area contributed by atoms with Crippen molar-refractivity contribution >= 4 is 23.4 Å². The summed E-state index contributed by atoms with van der Waals surface area (Å²) in [6, 6.07) is 8.71. The Morgan fingerprint density at radius 3 is 2.59 bits per heavy atom. The number of rotatable bonds is 5. The van der Waals surface area contributed by atoms with E-state index in [1.54, 1.807) is 10.7 Å². The van der Waals surface area contributed by atoms with Crippen molar-refractivity contribution in [2.75, 3.05) is 7.05 Å². The Bertz CT molecular complexity index is 943. The largest absolute Gasteiger partial charge is 0.393 e. The molecule has 2 saturated carbocycles. The minimum Gasteiger partial charge on any atom is -0.393 e. The molecule has 2 amide bonds. The molecular formula is C21H25ClN4O3. The lowest BCUT2D eigenvalue weighted by molar-refractivity contribution is -0.0950. The van der Waals surface area contributed by atoms with Crippen molar-refractivity contribution in [3.8, 4) is 0 Å². The van der Waals surface area contributed by atoms with Crippen molar-refractivity contribution < 1.29 is 14.7 Å². The normalized spacial score (nSPS) is 26.3. The lowest BCUT2D eigenvalue weighted by atomic mass is 9.53. The van der Waals surface area contributed by atoms with Crippen LogP contribution in [-0.4, -0.2) is 45.9 Å². The van der Waals surface area contributed by atoms with Crippen molar-refractivity contribution in [2.24, 2.45) is 5.41 Å². The molecule has 0 aliphatic heterocycles. The summed E-state index contributed by atoms with van der Waals surface area (Å²) in [6.45, 7) is 1.91. The summed E-state index contributed by atoms with van der Waals surface area (Å²) in [5.41, 5.74) is 1.63. The first kappa shape index (κ1) is 19.9. The average molecular weight is 417 g/mol. The van der Waals surface area contributed by atoms with Gasteiger partial charge in [0, 0.05) is 24.2 Å². The quantitative estimate of drug-likeness (QED) is 0.697. The fourth-order valence-corrected chi connectivity index (χ4v) is 4.82. The fourth-order valence-electron chi connectivity index (χ4n) is 4.63. The van der Waals surface area contributed by atoms with E-state index >= 15 is 0 Å². The van der Waals surface area contributed by atoms with E-state index < -0.39 is 0 Å². The molecule has 2 aromatic rings. The Labute approximate surface area is 174 Å². The van der Waals surface area contributed by atoms with Gasteiger partial charge in [0.2, 0.25) is 0 Å². The van der Waals surface area contributed by atoms with E-state index in [1.807, 2.05) is 25.1 Å². The molecule has 2 aliphatic rings. The van der Waals surface area contributed by atoms with Gasteiger partial charge in [0.15, 0.2) is 5.69 Å². The van der Waals surface area contributed by atoms with Crippen LogP contribution in [0.25, 0.3) is 0 Å². The number of nitrogens with zero attached hydrogens (tertiary/aromatic N) is 2. The van der Waals surface area contributed by atoms with Gasteiger partial charge in [-0.1, -0.05) is 23.7 Å². The SMILES string of the molecule is CNC(=O)c1cc(C(=O)NC2CC3(CC(O)C3)C2)n([C@@H](C)c2cccc(Cl)c2)n1. The number of aliphatic hydroxyl groups excluding tert-OH is 1. The Morgan fingerprint density at radius 2 is 1.97 bits per heavy atom. The first-order chi connectivity index (χ1) is 13.8. The maximum atomic E-state index is 13.0. The molecule has 0 unspecified atom stereocenters. The second-order valence-corrected chi connectivity index (χ2v) is 8.75.